The number of carbonyl (C=O) groups excluding carboxylic acids is 1. The number of nitrogens with zero attached hydrogens (tertiary/aromatic N) is 4. The van der Waals surface area contributed by atoms with Gasteiger partial charge in [0.25, 0.3) is 0 Å². The first-order valence-electron chi connectivity index (χ1n) is 9.13. The summed E-state index contributed by atoms with van der Waals surface area (Å²) in [4.78, 5) is 25.8. The second kappa shape index (κ2) is 7.98. The third-order valence-electron chi connectivity index (χ3n) is 4.81. The van der Waals surface area contributed by atoms with Gasteiger partial charge in [-0.3, -0.25) is 14.7 Å². The van der Waals surface area contributed by atoms with E-state index in [0.717, 1.165) is 59.9 Å². The molecule has 0 aliphatic carbocycles. The Morgan fingerprint density at radius 3 is 2.78 bits per heavy atom. The van der Waals surface area contributed by atoms with E-state index in [1.165, 1.54) is 0 Å². The SMILES string of the molecule is Cc1nc(CN2CCN(C(=O)/C=C/c3cccc4cccnc34)CC2)cs1. The summed E-state index contributed by atoms with van der Waals surface area (Å²) in [5, 5.41) is 4.30. The summed E-state index contributed by atoms with van der Waals surface area (Å²) in [5.41, 5.74) is 3.02. The summed E-state index contributed by atoms with van der Waals surface area (Å²) < 4.78 is 0. The van der Waals surface area contributed by atoms with Gasteiger partial charge in [-0.25, -0.2) is 4.98 Å². The predicted octanol–water partition coefficient (Wildman–Crippen LogP) is 3.36. The van der Waals surface area contributed by atoms with E-state index in [1.54, 1.807) is 23.6 Å². The number of amides is 1. The Kier molecular flexibility index (Phi) is 5.27. The molecule has 1 fully saturated rings. The molecule has 1 saturated heterocycles. The van der Waals surface area contributed by atoms with E-state index in [-0.39, 0.29) is 5.91 Å². The maximum absolute atomic E-state index is 12.6. The molecule has 1 aromatic carbocycles. The first kappa shape index (κ1) is 17.8. The number of aromatic nitrogens is 2. The molecule has 3 aromatic rings. The second-order valence-electron chi connectivity index (χ2n) is 6.71. The van der Waals surface area contributed by atoms with Crippen LogP contribution in [0.25, 0.3) is 17.0 Å². The van der Waals surface area contributed by atoms with Gasteiger partial charge in [-0.2, -0.15) is 0 Å². The van der Waals surface area contributed by atoms with Crippen LogP contribution in [0.2, 0.25) is 0 Å². The molecule has 0 unspecified atom stereocenters. The van der Waals surface area contributed by atoms with Crippen molar-refractivity contribution in [1.82, 2.24) is 19.8 Å². The number of hydrogen-bond acceptors (Lipinski definition) is 5. The molecule has 0 radical (unpaired) electrons. The average molecular weight is 379 g/mol. The van der Waals surface area contributed by atoms with Crippen LogP contribution < -0.4 is 0 Å². The van der Waals surface area contributed by atoms with Crippen molar-refractivity contribution < 1.29 is 4.79 Å². The van der Waals surface area contributed by atoms with Crippen LogP contribution in [0, 0.1) is 6.92 Å². The third-order valence-corrected chi connectivity index (χ3v) is 5.63. The van der Waals surface area contributed by atoms with E-state index in [0.29, 0.717) is 0 Å². The Balaban J connectivity index is 1.36. The normalized spacial score (nSPS) is 15.7. The number of thiazole rings is 1. The molecule has 0 bridgehead atoms. The van der Waals surface area contributed by atoms with Gasteiger partial charge in [0.1, 0.15) is 0 Å². The molecule has 6 heteroatoms. The fraction of sp³-hybridized carbons (Fsp3) is 0.286. The predicted molar refractivity (Wildman–Crippen MR) is 109 cm³/mol. The van der Waals surface area contributed by atoms with Crippen molar-refractivity contribution in [3.8, 4) is 0 Å². The number of pyridine rings is 1. The van der Waals surface area contributed by atoms with E-state index in [2.05, 4.69) is 20.2 Å². The number of rotatable bonds is 4. The molecule has 138 valence electrons. The van der Waals surface area contributed by atoms with Crippen LogP contribution in [-0.4, -0.2) is 51.9 Å². The van der Waals surface area contributed by atoms with E-state index in [4.69, 9.17) is 0 Å². The monoisotopic (exact) mass is 378 g/mol. The van der Waals surface area contributed by atoms with Crippen molar-refractivity contribution in [2.24, 2.45) is 0 Å². The summed E-state index contributed by atoms with van der Waals surface area (Å²) in [6.07, 6.45) is 5.33. The Labute approximate surface area is 163 Å². The van der Waals surface area contributed by atoms with Crippen LogP contribution >= 0.6 is 11.3 Å². The van der Waals surface area contributed by atoms with Crippen LogP contribution in [0.3, 0.4) is 0 Å². The largest absolute Gasteiger partial charge is 0.337 e. The number of hydrogen-bond donors (Lipinski definition) is 0. The molecule has 0 N–H and O–H groups in total. The third kappa shape index (κ3) is 4.23. The van der Waals surface area contributed by atoms with Gasteiger partial charge in [0.05, 0.1) is 16.2 Å². The first-order valence-corrected chi connectivity index (χ1v) is 10.0. The van der Waals surface area contributed by atoms with Crippen LogP contribution in [-0.2, 0) is 11.3 Å². The minimum Gasteiger partial charge on any atom is -0.337 e. The van der Waals surface area contributed by atoms with Crippen molar-refractivity contribution in [3.63, 3.8) is 0 Å². The van der Waals surface area contributed by atoms with Crippen molar-refractivity contribution in [3.05, 3.63) is 64.2 Å². The van der Waals surface area contributed by atoms with Gasteiger partial charge in [0, 0.05) is 61.3 Å². The van der Waals surface area contributed by atoms with Gasteiger partial charge in [0.15, 0.2) is 0 Å². The van der Waals surface area contributed by atoms with Crippen LogP contribution in [0.4, 0.5) is 0 Å². The fourth-order valence-electron chi connectivity index (χ4n) is 3.37. The summed E-state index contributed by atoms with van der Waals surface area (Å²) >= 11 is 1.69. The Hall–Kier alpha value is -2.57. The highest BCUT2D eigenvalue weighted by molar-refractivity contribution is 7.09. The zero-order valence-corrected chi connectivity index (χ0v) is 16.2. The Morgan fingerprint density at radius 2 is 2.00 bits per heavy atom. The lowest BCUT2D eigenvalue weighted by molar-refractivity contribution is -0.127. The zero-order valence-electron chi connectivity index (χ0n) is 15.3. The molecule has 0 atom stereocenters. The molecular formula is C21H22N4OS. The standard InChI is InChI=1S/C21H22N4OS/c1-16-23-19(15-27-16)14-24-10-12-25(13-11-24)20(26)8-7-18-5-2-4-17-6-3-9-22-21(17)18/h2-9,15H,10-14H2,1H3/b8-7+. The molecule has 0 spiro atoms. The smallest absolute Gasteiger partial charge is 0.246 e. The number of fused-ring (bicyclic) bond motifs is 1. The highest BCUT2D eigenvalue weighted by Gasteiger charge is 2.20. The molecular weight excluding hydrogens is 356 g/mol. The number of para-hydroxylation sites is 1. The molecule has 2 aromatic heterocycles. The van der Waals surface area contributed by atoms with Crippen LogP contribution in [0.1, 0.15) is 16.3 Å². The molecule has 0 saturated carbocycles. The molecule has 1 amide bonds. The van der Waals surface area contributed by atoms with E-state index in [9.17, 15) is 4.79 Å². The van der Waals surface area contributed by atoms with Crippen molar-refractivity contribution >= 4 is 34.2 Å². The van der Waals surface area contributed by atoms with Crippen molar-refractivity contribution in [1.29, 1.82) is 0 Å². The minimum atomic E-state index is 0.0621. The van der Waals surface area contributed by atoms with Crippen LogP contribution in [0.15, 0.2) is 48.0 Å². The number of piperazine rings is 1. The van der Waals surface area contributed by atoms with Crippen molar-refractivity contribution in [2.45, 2.75) is 13.5 Å². The minimum absolute atomic E-state index is 0.0621. The number of benzene rings is 1. The summed E-state index contributed by atoms with van der Waals surface area (Å²) in [7, 11) is 0. The first-order chi connectivity index (χ1) is 13.2. The van der Waals surface area contributed by atoms with Gasteiger partial charge >= 0.3 is 0 Å². The fourth-order valence-corrected chi connectivity index (χ4v) is 3.97. The molecule has 1 aliphatic rings. The van der Waals surface area contributed by atoms with E-state index < -0.39 is 0 Å². The lowest BCUT2D eigenvalue weighted by atomic mass is 10.1. The topological polar surface area (TPSA) is 49.3 Å². The highest BCUT2D eigenvalue weighted by Crippen LogP contribution is 2.17. The maximum atomic E-state index is 12.6. The van der Waals surface area contributed by atoms with Gasteiger partial charge in [-0.05, 0) is 19.1 Å². The van der Waals surface area contributed by atoms with Gasteiger partial charge in [-0.1, -0.05) is 24.3 Å². The average Bonchev–Trinajstić information content (AvgIpc) is 3.11. The Bertz CT molecular complexity index is 968. The molecule has 3 heterocycles. The van der Waals surface area contributed by atoms with Gasteiger partial charge in [0.2, 0.25) is 5.91 Å². The number of carbonyl (C=O) groups is 1. The second-order valence-corrected chi connectivity index (χ2v) is 7.78. The lowest BCUT2D eigenvalue weighted by Crippen LogP contribution is -2.47. The lowest BCUT2D eigenvalue weighted by Gasteiger charge is -2.33. The van der Waals surface area contributed by atoms with Crippen LogP contribution in [0.5, 0.6) is 0 Å². The quantitative estimate of drug-likeness (QED) is 0.653. The molecule has 5 nitrogen and oxygen atoms in total. The van der Waals surface area contributed by atoms with E-state index in [1.807, 2.05) is 48.2 Å². The molecule has 4 rings (SSSR count). The Morgan fingerprint density at radius 1 is 1.19 bits per heavy atom. The summed E-state index contributed by atoms with van der Waals surface area (Å²) in [6.45, 7) is 6.16. The summed E-state index contributed by atoms with van der Waals surface area (Å²) in [6, 6.07) is 9.97. The molecule has 1 aliphatic heterocycles. The van der Waals surface area contributed by atoms with Gasteiger partial charge in [-0.15, -0.1) is 11.3 Å². The van der Waals surface area contributed by atoms with E-state index >= 15 is 0 Å². The van der Waals surface area contributed by atoms with Crippen molar-refractivity contribution in [2.75, 3.05) is 26.2 Å². The molecule has 27 heavy (non-hydrogen) atoms. The zero-order chi connectivity index (χ0) is 18.6. The summed E-state index contributed by atoms with van der Waals surface area (Å²) in [5.74, 6) is 0.0621. The maximum Gasteiger partial charge on any atom is 0.246 e. The highest BCUT2D eigenvalue weighted by atomic mass is 32.1. The van der Waals surface area contributed by atoms with Gasteiger partial charge < -0.3 is 4.90 Å². The number of aryl methyl sites for hydroxylation is 1.